The molecule has 0 spiro atoms. The summed E-state index contributed by atoms with van der Waals surface area (Å²) in [5.41, 5.74) is 7.72. The van der Waals surface area contributed by atoms with Gasteiger partial charge >= 0.3 is 5.97 Å². The number of piperidine rings is 1. The molecule has 3 atom stereocenters. The Morgan fingerprint density at radius 1 is 1.47 bits per heavy atom. The third-order valence-electron chi connectivity index (χ3n) is 6.36. The summed E-state index contributed by atoms with van der Waals surface area (Å²) in [5.74, 6) is -0.346. The predicted molar refractivity (Wildman–Crippen MR) is 108 cm³/mol. The van der Waals surface area contributed by atoms with Crippen LogP contribution < -0.4 is 10.6 Å². The SMILES string of the molecule is C[C@@H](N)CCc1ncc(F)cc1C12CC1CCN2c1ccn2ncc(C(=O)O)c2n1. The molecular weight excluding hydrogens is 387 g/mol. The molecule has 2 aliphatic rings. The van der Waals surface area contributed by atoms with Gasteiger partial charge in [0.25, 0.3) is 0 Å². The first-order valence-electron chi connectivity index (χ1n) is 10.2. The Morgan fingerprint density at radius 3 is 3.03 bits per heavy atom. The van der Waals surface area contributed by atoms with Gasteiger partial charge in [0.05, 0.1) is 17.9 Å². The third-order valence-corrected chi connectivity index (χ3v) is 6.36. The molecule has 0 bridgehead atoms. The first-order chi connectivity index (χ1) is 14.4. The van der Waals surface area contributed by atoms with Crippen LogP contribution in [0, 0.1) is 11.7 Å². The van der Waals surface area contributed by atoms with Crippen molar-refractivity contribution in [3.8, 4) is 0 Å². The zero-order chi connectivity index (χ0) is 21.0. The second-order valence-corrected chi connectivity index (χ2v) is 8.35. The van der Waals surface area contributed by atoms with Crippen LogP contribution in [0.5, 0.6) is 0 Å². The molecule has 3 aromatic heterocycles. The molecule has 3 N–H and O–H groups in total. The molecule has 2 fully saturated rings. The lowest BCUT2D eigenvalue weighted by molar-refractivity contribution is 0.0698. The Labute approximate surface area is 172 Å². The molecule has 5 rings (SSSR count). The number of aromatic nitrogens is 4. The number of hydrogen-bond donors (Lipinski definition) is 2. The quantitative estimate of drug-likeness (QED) is 0.642. The van der Waals surface area contributed by atoms with Crippen LogP contribution in [0.4, 0.5) is 10.2 Å². The lowest BCUT2D eigenvalue weighted by atomic mass is 9.97. The summed E-state index contributed by atoms with van der Waals surface area (Å²) in [6, 6.07) is 3.47. The Hall–Kier alpha value is -3.07. The van der Waals surface area contributed by atoms with E-state index in [0.717, 1.165) is 37.1 Å². The van der Waals surface area contributed by atoms with E-state index in [9.17, 15) is 14.3 Å². The molecule has 3 aromatic rings. The summed E-state index contributed by atoms with van der Waals surface area (Å²) in [5, 5.41) is 13.5. The second-order valence-electron chi connectivity index (χ2n) is 8.35. The number of aryl methyl sites for hydroxylation is 1. The summed E-state index contributed by atoms with van der Waals surface area (Å²) < 4.78 is 15.7. The minimum Gasteiger partial charge on any atom is -0.477 e. The highest BCUT2D eigenvalue weighted by Gasteiger charge is 2.64. The van der Waals surface area contributed by atoms with Crippen molar-refractivity contribution in [2.45, 2.75) is 44.2 Å². The maximum absolute atomic E-state index is 14.2. The largest absolute Gasteiger partial charge is 0.477 e. The van der Waals surface area contributed by atoms with Gasteiger partial charge in [-0.1, -0.05) is 0 Å². The van der Waals surface area contributed by atoms with E-state index < -0.39 is 5.97 Å². The maximum atomic E-state index is 14.2. The number of carboxylic acid groups (broad SMARTS) is 1. The van der Waals surface area contributed by atoms with Gasteiger partial charge in [0, 0.05) is 30.0 Å². The zero-order valence-electron chi connectivity index (χ0n) is 16.6. The van der Waals surface area contributed by atoms with Gasteiger partial charge in [-0.2, -0.15) is 5.10 Å². The topological polar surface area (TPSA) is 110 Å². The van der Waals surface area contributed by atoms with E-state index in [2.05, 4.69) is 20.0 Å². The Morgan fingerprint density at radius 2 is 2.30 bits per heavy atom. The van der Waals surface area contributed by atoms with Crippen LogP contribution in [0.3, 0.4) is 0 Å². The lowest BCUT2D eigenvalue weighted by Crippen LogP contribution is -2.35. The number of fused-ring (bicyclic) bond motifs is 2. The van der Waals surface area contributed by atoms with Gasteiger partial charge in [0.1, 0.15) is 17.2 Å². The Bertz CT molecular complexity index is 1150. The van der Waals surface area contributed by atoms with Crippen molar-refractivity contribution in [2.24, 2.45) is 11.7 Å². The normalized spacial score (nSPS) is 23.6. The van der Waals surface area contributed by atoms with Crippen molar-refractivity contribution in [2.75, 3.05) is 11.4 Å². The number of halogens is 1. The average molecular weight is 410 g/mol. The molecule has 156 valence electrons. The van der Waals surface area contributed by atoms with E-state index >= 15 is 0 Å². The number of hydrogen-bond acceptors (Lipinski definition) is 6. The van der Waals surface area contributed by atoms with Crippen LogP contribution in [0.1, 0.15) is 47.8 Å². The number of carbonyl (C=O) groups is 1. The fraction of sp³-hybridized carbons (Fsp3) is 0.429. The molecule has 1 aliphatic heterocycles. The average Bonchev–Trinajstić information content (AvgIpc) is 3.09. The molecule has 8 nitrogen and oxygen atoms in total. The van der Waals surface area contributed by atoms with Gasteiger partial charge in [-0.05, 0) is 50.7 Å². The van der Waals surface area contributed by atoms with Crippen LogP contribution in [0.25, 0.3) is 5.65 Å². The van der Waals surface area contributed by atoms with E-state index in [0.29, 0.717) is 23.8 Å². The van der Waals surface area contributed by atoms with Gasteiger partial charge < -0.3 is 15.7 Å². The van der Waals surface area contributed by atoms with Crippen LogP contribution in [0.2, 0.25) is 0 Å². The number of anilines is 1. The molecule has 1 saturated heterocycles. The number of rotatable bonds is 6. The first kappa shape index (κ1) is 18.9. The lowest BCUT2D eigenvalue weighted by Gasteiger charge is -2.31. The summed E-state index contributed by atoms with van der Waals surface area (Å²) in [6.07, 6.45) is 7.62. The molecule has 0 aromatic carbocycles. The van der Waals surface area contributed by atoms with E-state index in [-0.39, 0.29) is 23.0 Å². The molecule has 4 heterocycles. The van der Waals surface area contributed by atoms with Crippen molar-refractivity contribution in [3.05, 3.63) is 53.4 Å². The molecular formula is C21H23FN6O2. The number of carboxylic acids is 1. The van der Waals surface area contributed by atoms with Gasteiger partial charge in [-0.3, -0.25) is 4.98 Å². The molecule has 9 heteroatoms. The van der Waals surface area contributed by atoms with Gasteiger partial charge in [0.2, 0.25) is 0 Å². The summed E-state index contributed by atoms with van der Waals surface area (Å²) in [4.78, 5) is 22.7. The van der Waals surface area contributed by atoms with Crippen molar-refractivity contribution < 1.29 is 14.3 Å². The summed E-state index contributed by atoms with van der Waals surface area (Å²) >= 11 is 0. The minimum atomic E-state index is -1.07. The van der Waals surface area contributed by atoms with Crippen LogP contribution >= 0.6 is 0 Å². The van der Waals surface area contributed by atoms with Gasteiger partial charge in [0.15, 0.2) is 5.65 Å². The number of nitrogens with zero attached hydrogens (tertiary/aromatic N) is 5. The molecule has 2 unspecified atom stereocenters. The number of nitrogens with two attached hydrogens (primary N) is 1. The van der Waals surface area contributed by atoms with Crippen molar-refractivity contribution in [1.82, 2.24) is 19.6 Å². The number of pyridine rings is 1. The maximum Gasteiger partial charge on any atom is 0.341 e. The predicted octanol–water partition coefficient (Wildman–Crippen LogP) is 2.37. The minimum absolute atomic E-state index is 0.0391. The molecule has 0 radical (unpaired) electrons. The highest BCUT2D eigenvalue weighted by atomic mass is 19.1. The van der Waals surface area contributed by atoms with E-state index in [4.69, 9.17) is 5.73 Å². The fourth-order valence-corrected chi connectivity index (χ4v) is 4.83. The summed E-state index contributed by atoms with van der Waals surface area (Å²) in [7, 11) is 0. The van der Waals surface area contributed by atoms with Crippen molar-refractivity contribution >= 4 is 17.4 Å². The van der Waals surface area contributed by atoms with Gasteiger partial charge in [-0.15, -0.1) is 0 Å². The van der Waals surface area contributed by atoms with Crippen LogP contribution in [0.15, 0.2) is 30.7 Å². The zero-order valence-corrected chi connectivity index (χ0v) is 16.6. The molecule has 1 aliphatic carbocycles. The van der Waals surface area contributed by atoms with Crippen LogP contribution in [-0.4, -0.2) is 43.2 Å². The van der Waals surface area contributed by atoms with E-state index in [1.165, 1.54) is 16.9 Å². The highest BCUT2D eigenvalue weighted by molar-refractivity contribution is 5.94. The third kappa shape index (κ3) is 2.84. The van der Waals surface area contributed by atoms with Crippen molar-refractivity contribution in [1.29, 1.82) is 0 Å². The van der Waals surface area contributed by atoms with E-state index in [1.807, 2.05) is 13.0 Å². The summed E-state index contributed by atoms with van der Waals surface area (Å²) in [6.45, 7) is 2.72. The molecule has 1 saturated carbocycles. The first-order valence-corrected chi connectivity index (χ1v) is 10.2. The molecule has 30 heavy (non-hydrogen) atoms. The van der Waals surface area contributed by atoms with E-state index in [1.54, 1.807) is 12.3 Å². The number of aromatic carboxylic acids is 1. The fourth-order valence-electron chi connectivity index (χ4n) is 4.83. The standard InChI is InChI=1S/C21H23FN6O2/c1-12(23)2-3-17-16(8-14(22)10-24-17)21-9-13(21)4-6-27(21)18-5-7-28-19(26-18)15(11-25-28)20(29)30/h5,7-8,10-13H,2-4,6,9,23H2,1H3,(H,29,30)/t12-,13?,21?/m1/s1. The van der Waals surface area contributed by atoms with Crippen LogP contribution in [-0.2, 0) is 12.0 Å². The van der Waals surface area contributed by atoms with Gasteiger partial charge in [-0.25, -0.2) is 18.7 Å². The van der Waals surface area contributed by atoms with Crippen molar-refractivity contribution in [3.63, 3.8) is 0 Å². The monoisotopic (exact) mass is 410 g/mol. The second kappa shape index (κ2) is 6.73. The molecule has 0 amide bonds. The highest BCUT2D eigenvalue weighted by Crippen LogP contribution is 2.63. The Kier molecular flexibility index (Phi) is 4.25. The smallest absolute Gasteiger partial charge is 0.341 e. The Balaban J connectivity index is 1.58.